The molecule has 0 aromatic heterocycles. The van der Waals surface area contributed by atoms with Crippen LogP contribution in [0.2, 0.25) is 0 Å². The first-order chi connectivity index (χ1) is 14.2. The molecule has 0 spiro atoms. The van der Waals surface area contributed by atoms with Crippen LogP contribution in [-0.4, -0.2) is 65.4 Å². The molecule has 2 aromatic rings. The van der Waals surface area contributed by atoms with Crippen molar-refractivity contribution in [1.82, 2.24) is 10.2 Å². The standard InChI is InChI=1S/C22H30N4O3/c1-23-22(24-16-17-5-8-20(28-3)15-21(17)29-4)26-13-11-25(12-14-26)18-6-9-19(27-2)10-7-18/h5-10,15H,11-14,16H2,1-4H3,(H,23,24). The van der Waals surface area contributed by atoms with Gasteiger partial charge in [-0.05, 0) is 36.4 Å². The Kier molecular flexibility index (Phi) is 7.05. The van der Waals surface area contributed by atoms with Gasteiger partial charge in [0.2, 0.25) is 0 Å². The van der Waals surface area contributed by atoms with Crippen LogP contribution in [0, 0.1) is 0 Å². The molecule has 7 nitrogen and oxygen atoms in total. The average molecular weight is 399 g/mol. The summed E-state index contributed by atoms with van der Waals surface area (Å²) in [7, 11) is 6.84. The molecule has 1 N–H and O–H groups in total. The van der Waals surface area contributed by atoms with Gasteiger partial charge >= 0.3 is 0 Å². The highest BCUT2D eigenvalue weighted by Crippen LogP contribution is 2.24. The van der Waals surface area contributed by atoms with E-state index in [2.05, 4.69) is 32.2 Å². The van der Waals surface area contributed by atoms with Gasteiger partial charge in [-0.25, -0.2) is 0 Å². The maximum atomic E-state index is 5.49. The molecule has 0 radical (unpaired) electrons. The highest BCUT2D eigenvalue weighted by molar-refractivity contribution is 5.80. The molecule has 1 heterocycles. The Morgan fingerprint density at radius 1 is 0.897 bits per heavy atom. The van der Waals surface area contributed by atoms with E-state index in [1.165, 1.54) is 5.69 Å². The minimum atomic E-state index is 0.637. The van der Waals surface area contributed by atoms with E-state index in [1.54, 1.807) is 21.3 Å². The zero-order valence-corrected chi connectivity index (χ0v) is 17.6. The highest BCUT2D eigenvalue weighted by Gasteiger charge is 2.20. The fraction of sp³-hybridized carbons (Fsp3) is 0.409. The van der Waals surface area contributed by atoms with E-state index in [4.69, 9.17) is 14.2 Å². The van der Waals surface area contributed by atoms with Gasteiger partial charge < -0.3 is 29.3 Å². The largest absolute Gasteiger partial charge is 0.497 e. The van der Waals surface area contributed by atoms with Crippen molar-refractivity contribution in [2.75, 3.05) is 59.5 Å². The molecule has 156 valence electrons. The number of rotatable bonds is 6. The van der Waals surface area contributed by atoms with Crippen LogP contribution in [0.5, 0.6) is 17.2 Å². The van der Waals surface area contributed by atoms with Crippen molar-refractivity contribution in [3.63, 3.8) is 0 Å². The zero-order chi connectivity index (χ0) is 20.6. The van der Waals surface area contributed by atoms with Gasteiger partial charge in [-0.2, -0.15) is 0 Å². The van der Waals surface area contributed by atoms with Crippen LogP contribution in [0.15, 0.2) is 47.5 Å². The van der Waals surface area contributed by atoms with Crippen molar-refractivity contribution in [2.45, 2.75) is 6.54 Å². The van der Waals surface area contributed by atoms with E-state index < -0.39 is 0 Å². The number of piperazine rings is 1. The topological polar surface area (TPSA) is 58.6 Å². The predicted molar refractivity (Wildman–Crippen MR) is 117 cm³/mol. The molecular weight excluding hydrogens is 368 g/mol. The number of anilines is 1. The van der Waals surface area contributed by atoms with Crippen LogP contribution in [0.3, 0.4) is 0 Å². The third-order valence-corrected chi connectivity index (χ3v) is 5.16. The minimum Gasteiger partial charge on any atom is -0.497 e. The molecule has 0 bridgehead atoms. The second-order valence-electron chi connectivity index (χ2n) is 6.75. The Labute approximate surface area is 172 Å². The third-order valence-electron chi connectivity index (χ3n) is 5.16. The summed E-state index contributed by atoms with van der Waals surface area (Å²) in [5, 5.41) is 3.46. The van der Waals surface area contributed by atoms with Crippen molar-refractivity contribution in [3.05, 3.63) is 48.0 Å². The van der Waals surface area contributed by atoms with Gasteiger partial charge in [0.05, 0.1) is 21.3 Å². The number of nitrogens with zero attached hydrogens (tertiary/aromatic N) is 3. The summed E-state index contributed by atoms with van der Waals surface area (Å²) < 4.78 is 16.0. The molecular formula is C22H30N4O3. The molecule has 1 saturated heterocycles. The molecule has 0 unspecified atom stereocenters. The van der Waals surface area contributed by atoms with Crippen molar-refractivity contribution >= 4 is 11.6 Å². The first-order valence-corrected chi connectivity index (χ1v) is 9.74. The Hall–Kier alpha value is -3.09. The van der Waals surface area contributed by atoms with E-state index in [0.29, 0.717) is 6.54 Å². The number of nitrogens with one attached hydrogen (secondary N) is 1. The summed E-state index contributed by atoms with van der Waals surface area (Å²) >= 11 is 0. The number of guanidine groups is 1. The molecule has 0 atom stereocenters. The van der Waals surface area contributed by atoms with Gasteiger partial charge in [-0.1, -0.05) is 0 Å². The predicted octanol–water partition coefficient (Wildman–Crippen LogP) is 2.61. The Morgan fingerprint density at radius 3 is 2.14 bits per heavy atom. The van der Waals surface area contributed by atoms with E-state index >= 15 is 0 Å². The van der Waals surface area contributed by atoms with Crippen LogP contribution in [0.1, 0.15) is 5.56 Å². The molecule has 0 saturated carbocycles. The van der Waals surface area contributed by atoms with Crippen LogP contribution in [0.4, 0.5) is 5.69 Å². The SMILES string of the molecule is CN=C(NCc1ccc(OC)cc1OC)N1CCN(c2ccc(OC)cc2)CC1. The summed E-state index contributed by atoms with van der Waals surface area (Å²) in [6, 6.07) is 14.1. The van der Waals surface area contributed by atoms with Crippen molar-refractivity contribution in [1.29, 1.82) is 0 Å². The maximum absolute atomic E-state index is 5.49. The van der Waals surface area contributed by atoms with Crippen LogP contribution < -0.4 is 24.4 Å². The van der Waals surface area contributed by atoms with Gasteiger partial charge in [0.15, 0.2) is 5.96 Å². The molecule has 0 amide bonds. The smallest absolute Gasteiger partial charge is 0.194 e. The van der Waals surface area contributed by atoms with E-state index in [-0.39, 0.29) is 0 Å². The number of benzene rings is 2. The van der Waals surface area contributed by atoms with E-state index in [9.17, 15) is 0 Å². The summed E-state index contributed by atoms with van der Waals surface area (Å²) in [5.41, 5.74) is 2.28. The summed E-state index contributed by atoms with van der Waals surface area (Å²) in [6.07, 6.45) is 0. The number of hydrogen-bond acceptors (Lipinski definition) is 5. The van der Waals surface area contributed by atoms with Crippen LogP contribution in [0.25, 0.3) is 0 Å². The lowest BCUT2D eigenvalue weighted by Gasteiger charge is -2.37. The molecule has 2 aromatic carbocycles. The second-order valence-corrected chi connectivity index (χ2v) is 6.75. The number of methoxy groups -OCH3 is 3. The molecule has 1 fully saturated rings. The van der Waals surface area contributed by atoms with Crippen molar-refractivity contribution in [2.24, 2.45) is 4.99 Å². The molecule has 1 aliphatic rings. The van der Waals surface area contributed by atoms with Crippen molar-refractivity contribution < 1.29 is 14.2 Å². The molecule has 1 aliphatic heterocycles. The van der Waals surface area contributed by atoms with E-state index in [1.807, 2.05) is 37.4 Å². The summed E-state index contributed by atoms with van der Waals surface area (Å²) in [6.45, 7) is 4.34. The Balaban J connectivity index is 1.56. The first kappa shape index (κ1) is 20.6. The molecule has 0 aliphatic carbocycles. The minimum absolute atomic E-state index is 0.637. The number of aliphatic imine (C=N–C) groups is 1. The van der Waals surface area contributed by atoms with Gasteiger partial charge in [0.25, 0.3) is 0 Å². The molecule has 3 rings (SSSR count). The molecule has 29 heavy (non-hydrogen) atoms. The maximum Gasteiger partial charge on any atom is 0.194 e. The number of ether oxygens (including phenoxy) is 3. The quantitative estimate of drug-likeness (QED) is 0.596. The Bertz CT molecular complexity index is 815. The second kappa shape index (κ2) is 9.91. The zero-order valence-electron chi connectivity index (χ0n) is 17.6. The van der Waals surface area contributed by atoms with Gasteiger partial charge in [-0.15, -0.1) is 0 Å². The lowest BCUT2D eigenvalue weighted by molar-refractivity contribution is 0.370. The first-order valence-electron chi connectivity index (χ1n) is 9.74. The monoisotopic (exact) mass is 398 g/mol. The average Bonchev–Trinajstić information content (AvgIpc) is 2.80. The van der Waals surface area contributed by atoms with Gasteiger partial charge in [0, 0.05) is 57.1 Å². The fourth-order valence-electron chi connectivity index (χ4n) is 3.47. The van der Waals surface area contributed by atoms with Gasteiger partial charge in [-0.3, -0.25) is 4.99 Å². The summed E-state index contributed by atoms with van der Waals surface area (Å²) in [4.78, 5) is 9.14. The highest BCUT2D eigenvalue weighted by atomic mass is 16.5. The normalized spacial score (nSPS) is 14.6. The van der Waals surface area contributed by atoms with Crippen LogP contribution >= 0.6 is 0 Å². The summed E-state index contributed by atoms with van der Waals surface area (Å²) in [5.74, 6) is 3.37. The van der Waals surface area contributed by atoms with Crippen LogP contribution in [-0.2, 0) is 6.54 Å². The van der Waals surface area contributed by atoms with Gasteiger partial charge in [0.1, 0.15) is 17.2 Å². The van der Waals surface area contributed by atoms with E-state index in [0.717, 1.165) is 55.0 Å². The number of hydrogen-bond donors (Lipinski definition) is 1. The Morgan fingerprint density at radius 2 is 1.55 bits per heavy atom. The third kappa shape index (κ3) is 5.04. The molecule has 7 heteroatoms. The fourth-order valence-corrected chi connectivity index (χ4v) is 3.47. The lowest BCUT2D eigenvalue weighted by Crippen LogP contribution is -2.52. The van der Waals surface area contributed by atoms with Crippen molar-refractivity contribution in [3.8, 4) is 17.2 Å². The lowest BCUT2D eigenvalue weighted by atomic mass is 10.2.